The molecule has 1 nitrogen and oxygen atoms in total. The molecule has 3 unspecified atom stereocenters. The van der Waals surface area contributed by atoms with E-state index in [1.165, 1.54) is 42.4 Å². The van der Waals surface area contributed by atoms with E-state index in [4.69, 9.17) is 5.73 Å². The van der Waals surface area contributed by atoms with Crippen molar-refractivity contribution in [3.8, 4) is 0 Å². The Morgan fingerprint density at radius 3 is 2.76 bits per heavy atom. The first-order valence-corrected chi connectivity index (χ1v) is 6.92. The van der Waals surface area contributed by atoms with Crippen LogP contribution in [-0.4, -0.2) is 5.54 Å². The Hall–Kier alpha value is -0.820. The predicted molar refractivity (Wildman–Crippen MR) is 72.0 cm³/mol. The van der Waals surface area contributed by atoms with E-state index in [0.29, 0.717) is 0 Å². The Morgan fingerprint density at radius 2 is 2.12 bits per heavy atom. The highest BCUT2D eigenvalue weighted by Crippen LogP contribution is 2.50. The second-order valence-electron chi connectivity index (χ2n) is 6.42. The van der Waals surface area contributed by atoms with Crippen LogP contribution in [0.2, 0.25) is 0 Å². The minimum atomic E-state index is 0.0987. The van der Waals surface area contributed by atoms with Crippen molar-refractivity contribution >= 4 is 0 Å². The summed E-state index contributed by atoms with van der Waals surface area (Å²) >= 11 is 0. The van der Waals surface area contributed by atoms with Crippen molar-refractivity contribution in [2.45, 2.75) is 51.5 Å². The topological polar surface area (TPSA) is 26.0 Å². The molecule has 17 heavy (non-hydrogen) atoms. The number of rotatable bonds is 2. The Bertz CT molecular complexity index is 437. The van der Waals surface area contributed by atoms with Gasteiger partial charge < -0.3 is 5.73 Å². The molecule has 0 heterocycles. The molecule has 92 valence electrons. The van der Waals surface area contributed by atoms with Crippen LogP contribution in [0, 0.1) is 25.7 Å². The molecule has 3 atom stereocenters. The predicted octanol–water partition coefficient (Wildman–Crippen LogP) is 3.36. The molecule has 2 fully saturated rings. The van der Waals surface area contributed by atoms with E-state index in [1.54, 1.807) is 0 Å². The average Bonchev–Trinajstić information content (AvgIpc) is 2.83. The molecule has 2 bridgehead atoms. The molecular weight excluding hydrogens is 206 g/mol. The molecule has 0 saturated heterocycles. The van der Waals surface area contributed by atoms with Crippen LogP contribution >= 0.6 is 0 Å². The van der Waals surface area contributed by atoms with E-state index in [0.717, 1.165) is 18.3 Å². The molecule has 2 aliphatic carbocycles. The van der Waals surface area contributed by atoms with Crippen molar-refractivity contribution in [2.24, 2.45) is 17.6 Å². The molecule has 2 N–H and O–H groups in total. The number of nitrogens with two attached hydrogens (primary N) is 1. The van der Waals surface area contributed by atoms with Crippen LogP contribution in [0.15, 0.2) is 18.2 Å². The van der Waals surface area contributed by atoms with Gasteiger partial charge in [0.2, 0.25) is 0 Å². The highest BCUT2D eigenvalue weighted by Gasteiger charge is 2.48. The van der Waals surface area contributed by atoms with E-state index < -0.39 is 0 Å². The number of aryl methyl sites for hydroxylation is 2. The maximum absolute atomic E-state index is 6.70. The third-order valence-corrected chi connectivity index (χ3v) is 5.05. The Balaban J connectivity index is 1.85. The summed E-state index contributed by atoms with van der Waals surface area (Å²) in [6.45, 7) is 4.39. The quantitative estimate of drug-likeness (QED) is 0.826. The lowest BCUT2D eigenvalue weighted by atomic mass is 9.77. The molecule has 2 saturated carbocycles. The summed E-state index contributed by atoms with van der Waals surface area (Å²) in [4.78, 5) is 0. The number of hydrogen-bond acceptors (Lipinski definition) is 1. The third kappa shape index (κ3) is 1.91. The van der Waals surface area contributed by atoms with Gasteiger partial charge in [0.05, 0.1) is 0 Å². The van der Waals surface area contributed by atoms with E-state index in [1.807, 2.05) is 0 Å². The molecule has 1 aromatic carbocycles. The van der Waals surface area contributed by atoms with E-state index in [-0.39, 0.29) is 5.54 Å². The monoisotopic (exact) mass is 229 g/mol. The lowest BCUT2D eigenvalue weighted by Crippen LogP contribution is -2.47. The van der Waals surface area contributed by atoms with Gasteiger partial charge in [-0.05, 0) is 62.5 Å². The zero-order valence-corrected chi connectivity index (χ0v) is 11.0. The summed E-state index contributed by atoms with van der Waals surface area (Å²) in [5.41, 5.74) is 11.0. The summed E-state index contributed by atoms with van der Waals surface area (Å²) < 4.78 is 0. The van der Waals surface area contributed by atoms with E-state index in [2.05, 4.69) is 32.0 Å². The normalized spacial score (nSPS) is 35.5. The minimum Gasteiger partial charge on any atom is -0.325 e. The molecule has 2 aliphatic rings. The number of benzene rings is 1. The van der Waals surface area contributed by atoms with Gasteiger partial charge in [-0.25, -0.2) is 0 Å². The summed E-state index contributed by atoms with van der Waals surface area (Å²) in [7, 11) is 0. The molecule has 0 aliphatic heterocycles. The standard InChI is InChI=1S/C16H23N/c1-11-3-4-12(2)14(7-11)10-16(17)9-13-5-6-15(16)8-13/h3-4,7,13,15H,5-6,8-10,17H2,1-2H3. The lowest BCUT2D eigenvalue weighted by Gasteiger charge is -2.34. The second-order valence-corrected chi connectivity index (χ2v) is 6.42. The highest BCUT2D eigenvalue weighted by molar-refractivity contribution is 5.32. The highest BCUT2D eigenvalue weighted by atomic mass is 14.8. The van der Waals surface area contributed by atoms with Gasteiger partial charge in [0.1, 0.15) is 0 Å². The summed E-state index contributed by atoms with van der Waals surface area (Å²) in [5.74, 6) is 1.71. The van der Waals surface area contributed by atoms with Crippen LogP contribution in [0.1, 0.15) is 42.4 Å². The molecule has 1 aromatic rings. The van der Waals surface area contributed by atoms with E-state index >= 15 is 0 Å². The fourth-order valence-corrected chi connectivity index (χ4v) is 4.05. The van der Waals surface area contributed by atoms with Gasteiger partial charge in [0.25, 0.3) is 0 Å². The third-order valence-electron chi connectivity index (χ3n) is 5.05. The van der Waals surface area contributed by atoms with Gasteiger partial charge in [0, 0.05) is 5.54 Å². The zero-order valence-electron chi connectivity index (χ0n) is 11.0. The maximum atomic E-state index is 6.70. The summed E-state index contributed by atoms with van der Waals surface area (Å²) in [6, 6.07) is 6.76. The Kier molecular flexibility index (Phi) is 2.55. The molecular formula is C16H23N. The fourth-order valence-electron chi connectivity index (χ4n) is 4.05. The minimum absolute atomic E-state index is 0.0987. The Labute approximate surface area is 104 Å². The first kappa shape index (κ1) is 11.3. The van der Waals surface area contributed by atoms with Crippen molar-refractivity contribution in [1.29, 1.82) is 0 Å². The smallest absolute Gasteiger partial charge is 0.0226 e. The van der Waals surface area contributed by atoms with Crippen molar-refractivity contribution in [3.05, 3.63) is 34.9 Å². The van der Waals surface area contributed by atoms with Crippen molar-refractivity contribution in [1.82, 2.24) is 0 Å². The number of fused-ring (bicyclic) bond motifs is 2. The maximum Gasteiger partial charge on any atom is 0.0226 e. The summed E-state index contributed by atoms with van der Waals surface area (Å²) in [5, 5.41) is 0. The van der Waals surface area contributed by atoms with Gasteiger partial charge in [-0.1, -0.05) is 30.2 Å². The second kappa shape index (κ2) is 3.84. The number of hydrogen-bond donors (Lipinski definition) is 1. The first-order valence-electron chi connectivity index (χ1n) is 6.92. The first-order chi connectivity index (χ1) is 8.07. The van der Waals surface area contributed by atoms with Crippen LogP contribution in [0.3, 0.4) is 0 Å². The van der Waals surface area contributed by atoms with Crippen LogP contribution in [0.25, 0.3) is 0 Å². The Morgan fingerprint density at radius 1 is 1.29 bits per heavy atom. The van der Waals surface area contributed by atoms with Crippen LogP contribution < -0.4 is 5.73 Å². The van der Waals surface area contributed by atoms with Gasteiger partial charge in [-0.3, -0.25) is 0 Å². The van der Waals surface area contributed by atoms with Crippen molar-refractivity contribution in [3.63, 3.8) is 0 Å². The van der Waals surface area contributed by atoms with E-state index in [9.17, 15) is 0 Å². The van der Waals surface area contributed by atoms with Crippen molar-refractivity contribution < 1.29 is 0 Å². The van der Waals surface area contributed by atoms with Crippen molar-refractivity contribution in [2.75, 3.05) is 0 Å². The van der Waals surface area contributed by atoms with Crippen LogP contribution in [0.5, 0.6) is 0 Å². The molecule has 0 radical (unpaired) electrons. The summed E-state index contributed by atoms with van der Waals surface area (Å²) in [6.07, 6.45) is 6.52. The lowest BCUT2D eigenvalue weighted by molar-refractivity contribution is 0.269. The van der Waals surface area contributed by atoms with Gasteiger partial charge in [0.15, 0.2) is 0 Å². The molecule has 0 amide bonds. The molecule has 1 heteroatoms. The van der Waals surface area contributed by atoms with Gasteiger partial charge in [-0.15, -0.1) is 0 Å². The molecule has 3 rings (SSSR count). The van der Waals surface area contributed by atoms with Crippen LogP contribution in [0.4, 0.5) is 0 Å². The SMILES string of the molecule is Cc1ccc(C)c(CC2(N)CC3CCC2C3)c1. The van der Waals surface area contributed by atoms with Gasteiger partial charge in [-0.2, -0.15) is 0 Å². The van der Waals surface area contributed by atoms with Crippen LogP contribution in [-0.2, 0) is 6.42 Å². The largest absolute Gasteiger partial charge is 0.325 e. The fraction of sp³-hybridized carbons (Fsp3) is 0.625. The molecule has 0 spiro atoms. The average molecular weight is 229 g/mol. The molecule has 0 aromatic heterocycles. The zero-order chi connectivity index (χ0) is 12.0. The van der Waals surface area contributed by atoms with Gasteiger partial charge >= 0.3 is 0 Å².